The number of rotatable bonds is 2. The molecule has 94 valence electrons. The number of carbonyl (C=O) groups is 1. The average Bonchev–Trinajstić information content (AvgIpc) is 2.73. The van der Waals surface area contributed by atoms with Crippen molar-refractivity contribution in [1.29, 1.82) is 0 Å². The molecule has 0 saturated heterocycles. The quantitative estimate of drug-likeness (QED) is 0.861. The summed E-state index contributed by atoms with van der Waals surface area (Å²) in [7, 11) is 0. The molecule has 0 fully saturated rings. The normalized spacial score (nSPS) is 24.9. The number of allylic oxidation sites excluding steroid dienone is 2. The minimum absolute atomic E-state index is 0.0614. The highest BCUT2D eigenvalue weighted by Gasteiger charge is 2.35. The molecule has 1 aliphatic heterocycles. The van der Waals surface area contributed by atoms with E-state index in [9.17, 15) is 4.79 Å². The molecule has 0 aromatic carbocycles. The fraction of sp³-hybridized carbons (Fsp3) is 0.429. The second kappa shape index (κ2) is 4.12. The predicted octanol–water partition coefficient (Wildman–Crippen LogP) is 1.86. The Labute approximate surface area is 106 Å². The first-order valence-electron chi connectivity index (χ1n) is 6.37. The molecule has 2 aliphatic rings. The topological polar surface area (TPSA) is 46.9 Å². The van der Waals surface area contributed by atoms with Gasteiger partial charge in [0.2, 0.25) is 0 Å². The third-order valence-electron chi connectivity index (χ3n) is 3.40. The summed E-state index contributed by atoms with van der Waals surface area (Å²) in [6.45, 7) is 5.24. The van der Waals surface area contributed by atoms with Crippen LogP contribution in [0, 0.1) is 5.92 Å². The van der Waals surface area contributed by atoms with Crippen LogP contribution in [0.15, 0.2) is 30.6 Å². The van der Waals surface area contributed by atoms with E-state index in [1.165, 1.54) is 0 Å². The van der Waals surface area contributed by atoms with Gasteiger partial charge in [-0.2, -0.15) is 0 Å². The molecule has 1 aliphatic carbocycles. The van der Waals surface area contributed by atoms with Crippen molar-refractivity contribution in [3.05, 3.63) is 42.0 Å². The zero-order chi connectivity index (χ0) is 12.7. The second-order valence-corrected chi connectivity index (χ2v) is 5.32. The summed E-state index contributed by atoms with van der Waals surface area (Å²) in [5, 5.41) is 2.99. The van der Waals surface area contributed by atoms with Crippen molar-refractivity contribution >= 4 is 5.91 Å². The molecule has 18 heavy (non-hydrogen) atoms. The number of fused-ring (bicyclic) bond motifs is 3. The lowest BCUT2D eigenvalue weighted by atomic mass is 9.87. The fourth-order valence-electron chi connectivity index (χ4n) is 2.68. The van der Waals surface area contributed by atoms with Gasteiger partial charge in [-0.3, -0.25) is 4.79 Å². The predicted molar refractivity (Wildman–Crippen MR) is 69.3 cm³/mol. The smallest absolute Gasteiger partial charge is 0.272 e. The van der Waals surface area contributed by atoms with Crippen LogP contribution in [0.2, 0.25) is 0 Å². The molecular weight excluding hydrogens is 226 g/mol. The van der Waals surface area contributed by atoms with Gasteiger partial charge >= 0.3 is 0 Å². The maximum atomic E-state index is 12.0. The van der Waals surface area contributed by atoms with Crippen LogP contribution in [0.5, 0.6) is 0 Å². The van der Waals surface area contributed by atoms with E-state index in [0.717, 1.165) is 12.2 Å². The van der Waals surface area contributed by atoms with Crippen molar-refractivity contribution < 1.29 is 4.79 Å². The summed E-state index contributed by atoms with van der Waals surface area (Å²) in [6.07, 6.45) is 9.99. The van der Waals surface area contributed by atoms with Crippen LogP contribution >= 0.6 is 0 Å². The summed E-state index contributed by atoms with van der Waals surface area (Å²) in [5.41, 5.74) is 1.63. The van der Waals surface area contributed by atoms with Gasteiger partial charge < -0.3 is 9.88 Å². The number of carbonyl (C=O) groups excluding carboxylic acids is 1. The van der Waals surface area contributed by atoms with E-state index in [2.05, 4.69) is 34.8 Å². The van der Waals surface area contributed by atoms with E-state index in [4.69, 9.17) is 0 Å². The number of nitrogens with zero attached hydrogens (tertiary/aromatic N) is 2. The first-order chi connectivity index (χ1) is 8.66. The van der Waals surface area contributed by atoms with Gasteiger partial charge in [-0.1, -0.05) is 38.2 Å². The highest BCUT2D eigenvalue weighted by molar-refractivity contribution is 5.95. The molecule has 1 N–H and O–H groups in total. The number of nitrogens with one attached hydrogen (secondary N) is 1. The van der Waals surface area contributed by atoms with Gasteiger partial charge in [-0.25, -0.2) is 4.98 Å². The molecule has 0 saturated carbocycles. The highest BCUT2D eigenvalue weighted by atomic mass is 16.2. The van der Waals surface area contributed by atoms with Crippen molar-refractivity contribution in [3.8, 4) is 0 Å². The molecule has 1 amide bonds. The van der Waals surface area contributed by atoms with Crippen LogP contribution in [0.25, 0.3) is 0 Å². The van der Waals surface area contributed by atoms with E-state index in [-0.39, 0.29) is 17.9 Å². The summed E-state index contributed by atoms with van der Waals surface area (Å²) in [6, 6.07) is 0.0672. The minimum Gasteiger partial charge on any atom is -0.343 e. The first-order valence-corrected chi connectivity index (χ1v) is 6.37. The standard InChI is InChI=1S/C14H17N3O/c1-9(2)7-17-8-15-12-13(17)10-5-3-4-6-11(10)16-14(12)18/h3-6,8-11H,7H2,1-2H3,(H,16,18). The van der Waals surface area contributed by atoms with Gasteiger partial charge in [0.15, 0.2) is 0 Å². The molecule has 2 atom stereocenters. The van der Waals surface area contributed by atoms with Crippen LogP contribution < -0.4 is 5.32 Å². The monoisotopic (exact) mass is 243 g/mol. The molecule has 4 nitrogen and oxygen atoms in total. The van der Waals surface area contributed by atoms with E-state index in [0.29, 0.717) is 11.6 Å². The zero-order valence-corrected chi connectivity index (χ0v) is 10.6. The molecule has 1 aromatic heterocycles. The Balaban J connectivity index is 2.07. The van der Waals surface area contributed by atoms with Gasteiger partial charge in [0.25, 0.3) is 5.91 Å². The van der Waals surface area contributed by atoms with Crippen molar-refractivity contribution in [1.82, 2.24) is 14.9 Å². The third kappa shape index (κ3) is 1.68. The number of amides is 1. The highest BCUT2D eigenvalue weighted by Crippen LogP contribution is 2.31. The van der Waals surface area contributed by atoms with Crippen molar-refractivity contribution in [2.75, 3.05) is 0 Å². The van der Waals surface area contributed by atoms with Crippen molar-refractivity contribution in [3.63, 3.8) is 0 Å². The largest absolute Gasteiger partial charge is 0.343 e. The van der Waals surface area contributed by atoms with Crippen LogP contribution in [-0.2, 0) is 6.54 Å². The molecule has 3 rings (SSSR count). The Kier molecular flexibility index (Phi) is 2.58. The lowest BCUT2D eigenvalue weighted by Crippen LogP contribution is -2.44. The SMILES string of the molecule is CC(C)Cn1cnc2c1C1C=CC=CC1NC2=O. The molecule has 0 bridgehead atoms. The van der Waals surface area contributed by atoms with Gasteiger partial charge in [0.05, 0.1) is 18.1 Å². The lowest BCUT2D eigenvalue weighted by molar-refractivity contribution is 0.0923. The Morgan fingerprint density at radius 3 is 2.94 bits per heavy atom. The summed E-state index contributed by atoms with van der Waals surface area (Å²) in [4.78, 5) is 16.3. The second-order valence-electron chi connectivity index (χ2n) is 5.32. The summed E-state index contributed by atoms with van der Waals surface area (Å²) < 4.78 is 2.12. The van der Waals surface area contributed by atoms with Crippen LogP contribution in [-0.4, -0.2) is 21.5 Å². The zero-order valence-electron chi connectivity index (χ0n) is 10.6. The van der Waals surface area contributed by atoms with Crippen LogP contribution in [0.4, 0.5) is 0 Å². The van der Waals surface area contributed by atoms with E-state index >= 15 is 0 Å². The van der Waals surface area contributed by atoms with E-state index in [1.54, 1.807) is 6.33 Å². The van der Waals surface area contributed by atoms with Gasteiger partial charge in [-0.15, -0.1) is 0 Å². The fourth-order valence-corrected chi connectivity index (χ4v) is 2.68. The Morgan fingerprint density at radius 2 is 2.17 bits per heavy atom. The molecule has 2 heterocycles. The minimum atomic E-state index is -0.0614. The van der Waals surface area contributed by atoms with Crippen LogP contribution in [0.3, 0.4) is 0 Å². The van der Waals surface area contributed by atoms with E-state index in [1.807, 2.05) is 18.2 Å². The Hall–Kier alpha value is -1.84. The number of aromatic nitrogens is 2. The number of hydrogen-bond donors (Lipinski definition) is 1. The molecule has 4 heteroatoms. The number of imidazole rings is 1. The van der Waals surface area contributed by atoms with E-state index < -0.39 is 0 Å². The first kappa shape index (κ1) is 11.3. The van der Waals surface area contributed by atoms with Crippen LogP contribution in [0.1, 0.15) is 35.9 Å². The Morgan fingerprint density at radius 1 is 1.39 bits per heavy atom. The summed E-state index contributed by atoms with van der Waals surface area (Å²) >= 11 is 0. The summed E-state index contributed by atoms with van der Waals surface area (Å²) in [5.74, 6) is 0.688. The maximum absolute atomic E-state index is 12.0. The van der Waals surface area contributed by atoms with Crippen molar-refractivity contribution in [2.24, 2.45) is 5.92 Å². The van der Waals surface area contributed by atoms with Gasteiger partial charge in [0, 0.05) is 12.5 Å². The van der Waals surface area contributed by atoms with Gasteiger partial charge in [0.1, 0.15) is 5.69 Å². The van der Waals surface area contributed by atoms with Crippen molar-refractivity contribution in [2.45, 2.75) is 32.4 Å². The Bertz CT molecular complexity index is 539. The number of hydrogen-bond acceptors (Lipinski definition) is 2. The third-order valence-corrected chi connectivity index (χ3v) is 3.40. The maximum Gasteiger partial charge on any atom is 0.272 e. The van der Waals surface area contributed by atoms with Gasteiger partial charge in [-0.05, 0) is 5.92 Å². The average molecular weight is 243 g/mol. The molecular formula is C14H17N3O. The lowest BCUT2D eigenvalue weighted by Gasteiger charge is -2.31. The molecule has 1 aromatic rings. The molecule has 0 spiro atoms. The molecule has 2 unspecified atom stereocenters. The molecule has 0 radical (unpaired) electrons.